The molecule has 0 fully saturated rings. The molecule has 4 aromatic carbocycles. The molecular weight excluding hydrogens is 388 g/mol. The number of rotatable bonds is 8. The van der Waals surface area contributed by atoms with Crippen LogP contribution in [-0.4, -0.2) is 6.54 Å². The molecule has 0 unspecified atom stereocenters. The Morgan fingerprint density at radius 1 is 0.562 bits per heavy atom. The number of anilines is 4. The minimum Gasteiger partial charge on any atom is -0.338 e. The van der Waals surface area contributed by atoms with Gasteiger partial charge in [0.1, 0.15) is 0 Å². The second kappa shape index (κ2) is 10.8. The van der Waals surface area contributed by atoms with Crippen LogP contribution in [0.4, 0.5) is 22.7 Å². The maximum absolute atomic E-state index is 2.32. The number of hydrogen-bond donors (Lipinski definition) is 0. The van der Waals surface area contributed by atoms with Crippen LogP contribution in [0.5, 0.6) is 0 Å². The smallest absolute Gasteiger partial charge is 0.0461 e. The van der Waals surface area contributed by atoms with Crippen molar-refractivity contribution in [3.05, 3.63) is 145 Å². The second-order valence-electron chi connectivity index (χ2n) is 7.40. The minimum atomic E-state index is 0.767. The molecular formula is C30H28N2. The topological polar surface area (TPSA) is 6.48 Å². The standard InChI is InChI=1S/C30H28N2/c1-2-26(32(29-20-11-5-12-21-29)30-22-13-6-14-23-30)24-15-25-31(27-16-7-3-8-17-27)28-18-9-4-10-19-28/h2-24H,25H2,1H3/b24-15-,26-2+. The molecule has 0 atom stereocenters. The van der Waals surface area contributed by atoms with E-state index < -0.39 is 0 Å². The quantitative estimate of drug-likeness (QED) is 0.268. The fourth-order valence-corrected chi connectivity index (χ4v) is 3.76. The van der Waals surface area contributed by atoms with Crippen molar-refractivity contribution in [1.29, 1.82) is 0 Å². The van der Waals surface area contributed by atoms with Gasteiger partial charge in [0.25, 0.3) is 0 Å². The highest BCUT2D eigenvalue weighted by Gasteiger charge is 2.12. The SMILES string of the molecule is C/C=C(\C=C/CN(c1ccccc1)c1ccccc1)N(c1ccccc1)c1ccccc1. The summed E-state index contributed by atoms with van der Waals surface area (Å²) in [6.07, 6.45) is 6.60. The molecule has 0 aliphatic heterocycles. The molecule has 0 amide bonds. The lowest BCUT2D eigenvalue weighted by molar-refractivity contribution is 1.09. The van der Waals surface area contributed by atoms with E-state index in [0.717, 1.165) is 23.6 Å². The Labute approximate surface area is 191 Å². The highest BCUT2D eigenvalue weighted by atomic mass is 15.1. The first-order valence-electron chi connectivity index (χ1n) is 11.0. The number of allylic oxidation sites excluding steroid dienone is 2. The Morgan fingerprint density at radius 3 is 1.31 bits per heavy atom. The summed E-state index contributed by atoms with van der Waals surface area (Å²) in [7, 11) is 0. The molecule has 158 valence electrons. The van der Waals surface area contributed by atoms with E-state index in [9.17, 15) is 0 Å². The Hall–Kier alpha value is -4.04. The number of benzene rings is 4. The van der Waals surface area contributed by atoms with Crippen LogP contribution in [0.1, 0.15) is 6.92 Å². The average Bonchev–Trinajstić information content (AvgIpc) is 2.88. The van der Waals surface area contributed by atoms with Crippen molar-refractivity contribution in [1.82, 2.24) is 0 Å². The molecule has 0 radical (unpaired) electrons. The van der Waals surface area contributed by atoms with Crippen molar-refractivity contribution < 1.29 is 0 Å². The summed E-state index contributed by atoms with van der Waals surface area (Å²) in [6, 6.07) is 42.0. The van der Waals surface area contributed by atoms with E-state index in [1.165, 1.54) is 11.4 Å². The molecule has 2 nitrogen and oxygen atoms in total. The summed E-state index contributed by atoms with van der Waals surface area (Å²) in [4.78, 5) is 4.60. The molecule has 0 N–H and O–H groups in total. The van der Waals surface area contributed by atoms with Crippen molar-refractivity contribution in [3.63, 3.8) is 0 Å². The molecule has 0 aliphatic carbocycles. The van der Waals surface area contributed by atoms with Gasteiger partial charge in [-0.25, -0.2) is 0 Å². The van der Waals surface area contributed by atoms with Crippen molar-refractivity contribution in [2.24, 2.45) is 0 Å². The normalized spacial score (nSPS) is 11.5. The average molecular weight is 417 g/mol. The van der Waals surface area contributed by atoms with E-state index >= 15 is 0 Å². The predicted octanol–water partition coefficient (Wildman–Crippen LogP) is 8.12. The van der Waals surface area contributed by atoms with E-state index in [0.29, 0.717) is 0 Å². The van der Waals surface area contributed by atoms with Crippen LogP contribution in [0.2, 0.25) is 0 Å². The third-order valence-electron chi connectivity index (χ3n) is 5.30. The van der Waals surface area contributed by atoms with Crippen LogP contribution in [0.25, 0.3) is 0 Å². The summed E-state index contributed by atoms with van der Waals surface area (Å²) in [5, 5.41) is 0. The zero-order valence-corrected chi connectivity index (χ0v) is 18.4. The monoisotopic (exact) mass is 416 g/mol. The molecule has 0 heterocycles. The van der Waals surface area contributed by atoms with E-state index in [2.05, 4.69) is 156 Å². The van der Waals surface area contributed by atoms with Crippen molar-refractivity contribution in [2.45, 2.75) is 6.92 Å². The Bertz CT molecular complexity index is 1060. The minimum absolute atomic E-state index is 0.767. The van der Waals surface area contributed by atoms with Gasteiger partial charge in [0.2, 0.25) is 0 Å². The highest BCUT2D eigenvalue weighted by Crippen LogP contribution is 2.30. The highest BCUT2D eigenvalue weighted by molar-refractivity contribution is 5.70. The maximum Gasteiger partial charge on any atom is 0.0461 e. The summed E-state index contributed by atoms with van der Waals surface area (Å²) in [5.74, 6) is 0. The van der Waals surface area contributed by atoms with Crippen LogP contribution in [0.15, 0.2) is 145 Å². The fourth-order valence-electron chi connectivity index (χ4n) is 3.76. The van der Waals surface area contributed by atoms with E-state index in [-0.39, 0.29) is 0 Å². The molecule has 0 saturated carbocycles. The maximum atomic E-state index is 2.32. The molecule has 4 rings (SSSR count). The first kappa shape index (κ1) is 21.2. The fraction of sp³-hybridized carbons (Fsp3) is 0.0667. The zero-order chi connectivity index (χ0) is 22.0. The summed E-state index contributed by atoms with van der Waals surface area (Å²) < 4.78 is 0. The third-order valence-corrected chi connectivity index (χ3v) is 5.30. The summed E-state index contributed by atoms with van der Waals surface area (Å²) in [6.45, 7) is 2.85. The van der Waals surface area contributed by atoms with Crippen LogP contribution in [0.3, 0.4) is 0 Å². The van der Waals surface area contributed by atoms with Crippen LogP contribution in [0, 0.1) is 0 Å². The van der Waals surface area contributed by atoms with E-state index in [1.807, 2.05) is 0 Å². The molecule has 0 bridgehead atoms. The van der Waals surface area contributed by atoms with Gasteiger partial charge in [-0.2, -0.15) is 0 Å². The van der Waals surface area contributed by atoms with Gasteiger partial charge in [0, 0.05) is 35.0 Å². The molecule has 0 spiro atoms. The zero-order valence-electron chi connectivity index (χ0n) is 18.4. The number of para-hydroxylation sites is 4. The third kappa shape index (κ3) is 5.16. The Morgan fingerprint density at radius 2 is 0.938 bits per heavy atom. The second-order valence-corrected chi connectivity index (χ2v) is 7.40. The van der Waals surface area contributed by atoms with Crippen molar-refractivity contribution in [2.75, 3.05) is 16.3 Å². The van der Waals surface area contributed by atoms with Crippen LogP contribution >= 0.6 is 0 Å². The van der Waals surface area contributed by atoms with Crippen LogP contribution in [-0.2, 0) is 0 Å². The van der Waals surface area contributed by atoms with Gasteiger partial charge in [-0.15, -0.1) is 0 Å². The molecule has 2 heteroatoms. The molecule has 0 aliphatic rings. The van der Waals surface area contributed by atoms with E-state index in [4.69, 9.17) is 0 Å². The van der Waals surface area contributed by atoms with Crippen molar-refractivity contribution >= 4 is 22.7 Å². The summed E-state index contributed by atoms with van der Waals surface area (Å²) >= 11 is 0. The lowest BCUT2D eigenvalue weighted by Crippen LogP contribution is -2.18. The van der Waals surface area contributed by atoms with Gasteiger partial charge in [-0.1, -0.05) is 84.9 Å². The van der Waals surface area contributed by atoms with Crippen molar-refractivity contribution in [3.8, 4) is 0 Å². The van der Waals surface area contributed by atoms with Crippen LogP contribution < -0.4 is 9.80 Å². The largest absolute Gasteiger partial charge is 0.338 e. The van der Waals surface area contributed by atoms with Gasteiger partial charge in [-0.05, 0) is 61.5 Å². The molecule has 0 aromatic heterocycles. The van der Waals surface area contributed by atoms with Gasteiger partial charge in [0.05, 0.1) is 0 Å². The lowest BCUT2D eigenvalue weighted by atomic mass is 10.2. The first-order chi connectivity index (χ1) is 15.9. The van der Waals surface area contributed by atoms with Gasteiger partial charge in [-0.3, -0.25) is 0 Å². The Kier molecular flexibility index (Phi) is 7.18. The first-order valence-corrected chi connectivity index (χ1v) is 11.0. The van der Waals surface area contributed by atoms with Gasteiger partial charge in [0.15, 0.2) is 0 Å². The lowest BCUT2D eigenvalue weighted by Gasteiger charge is -2.27. The number of hydrogen-bond acceptors (Lipinski definition) is 2. The predicted molar refractivity (Wildman–Crippen MR) is 138 cm³/mol. The molecule has 32 heavy (non-hydrogen) atoms. The Balaban J connectivity index is 1.63. The molecule has 0 saturated heterocycles. The number of nitrogens with zero attached hydrogens (tertiary/aromatic N) is 2. The molecule has 4 aromatic rings. The van der Waals surface area contributed by atoms with Gasteiger partial charge >= 0.3 is 0 Å². The van der Waals surface area contributed by atoms with Gasteiger partial charge < -0.3 is 9.80 Å². The summed E-state index contributed by atoms with van der Waals surface area (Å²) in [5.41, 5.74) is 5.75. The van der Waals surface area contributed by atoms with E-state index in [1.54, 1.807) is 0 Å².